The highest BCUT2D eigenvalue weighted by Gasteiger charge is 2.20. The van der Waals surface area contributed by atoms with E-state index in [9.17, 15) is 14.9 Å². The van der Waals surface area contributed by atoms with E-state index >= 15 is 0 Å². The van der Waals surface area contributed by atoms with Crippen molar-refractivity contribution in [3.63, 3.8) is 0 Å². The summed E-state index contributed by atoms with van der Waals surface area (Å²) in [5.74, 6) is -0.429. The van der Waals surface area contributed by atoms with Gasteiger partial charge in [-0.15, -0.1) is 10.2 Å². The van der Waals surface area contributed by atoms with Crippen LogP contribution in [0.15, 0.2) is 89.2 Å². The number of anilines is 1. The zero-order valence-electron chi connectivity index (χ0n) is 16.4. The molecule has 3 aromatic carbocycles. The third-order valence-electron chi connectivity index (χ3n) is 4.55. The van der Waals surface area contributed by atoms with Gasteiger partial charge in [-0.25, -0.2) is 0 Å². The predicted molar refractivity (Wildman–Crippen MR) is 118 cm³/mol. The molecule has 0 saturated carbocycles. The first-order chi connectivity index (χ1) is 15.0. The third-order valence-corrected chi connectivity index (χ3v) is 5.67. The Kier molecular flexibility index (Phi) is 5.76. The summed E-state index contributed by atoms with van der Waals surface area (Å²) < 4.78 is 1.66. The summed E-state index contributed by atoms with van der Waals surface area (Å²) in [7, 11) is 1.75. The molecule has 9 heteroatoms. The maximum Gasteiger partial charge on any atom is 0.284 e. The quantitative estimate of drug-likeness (QED) is 0.348. The first-order valence-electron chi connectivity index (χ1n) is 9.29. The summed E-state index contributed by atoms with van der Waals surface area (Å²) in [5.41, 5.74) is 2.47. The Morgan fingerprint density at radius 1 is 1.06 bits per heavy atom. The maximum atomic E-state index is 12.9. The van der Waals surface area contributed by atoms with Crippen molar-refractivity contribution in [2.45, 2.75) is 10.1 Å². The number of aromatic nitrogens is 3. The normalized spacial score (nSPS) is 10.6. The Bertz CT molecular complexity index is 1260. The minimum absolute atomic E-state index is 0.169. The minimum Gasteiger partial charge on any atom is -0.321 e. The number of nitrogens with one attached hydrogen (secondary N) is 1. The number of benzene rings is 3. The lowest BCUT2D eigenvalue weighted by Crippen LogP contribution is -2.13. The molecule has 1 amide bonds. The molecular weight excluding hydrogens is 414 g/mol. The standard InChI is InChI=1S/C22H17N5O3S/c1-26-14-23-25-22(26)31-20-12-11-16(13-19(20)27(29)30)21(28)24-18-10-6-5-9-17(18)15-7-3-2-4-8-15/h2-14H,1H3,(H,24,28). The van der Waals surface area contributed by atoms with Crippen LogP contribution in [0.3, 0.4) is 0 Å². The molecule has 0 aliphatic rings. The van der Waals surface area contributed by atoms with Crippen LogP contribution in [0.5, 0.6) is 0 Å². The fraction of sp³-hybridized carbons (Fsp3) is 0.0455. The molecule has 154 valence electrons. The van der Waals surface area contributed by atoms with Gasteiger partial charge in [0.1, 0.15) is 6.33 Å². The number of nitrogens with zero attached hydrogens (tertiary/aromatic N) is 4. The molecule has 0 aliphatic heterocycles. The number of aryl methyl sites for hydroxylation is 1. The lowest BCUT2D eigenvalue weighted by atomic mass is 10.0. The molecule has 0 spiro atoms. The van der Waals surface area contributed by atoms with Crippen molar-refractivity contribution >= 4 is 29.0 Å². The molecular formula is C22H17N5O3S. The van der Waals surface area contributed by atoms with Gasteiger partial charge in [-0.3, -0.25) is 14.9 Å². The Balaban J connectivity index is 1.62. The van der Waals surface area contributed by atoms with E-state index < -0.39 is 10.8 Å². The second-order valence-corrected chi connectivity index (χ2v) is 7.64. The van der Waals surface area contributed by atoms with Crippen molar-refractivity contribution in [1.82, 2.24) is 14.8 Å². The van der Waals surface area contributed by atoms with Crippen molar-refractivity contribution in [2.75, 3.05) is 5.32 Å². The zero-order chi connectivity index (χ0) is 21.8. The number of nitro groups is 1. The number of hydrogen-bond acceptors (Lipinski definition) is 6. The van der Waals surface area contributed by atoms with Crippen LogP contribution in [0.1, 0.15) is 10.4 Å². The largest absolute Gasteiger partial charge is 0.321 e. The van der Waals surface area contributed by atoms with Gasteiger partial charge in [-0.05, 0) is 35.5 Å². The third kappa shape index (κ3) is 4.46. The molecule has 4 aromatic rings. The number of nitro benzene ring substituents is 1. The SMILES string of the molecule is Cn1cnnc1Sc1ccc(C(=O)Nc2ccccc2-c2ccccc2)cc1[N+](=O)[O-]. The first-order valence-corrected chi connectivity index (χ1v) is 10.1. The van der Waals surface area contributed by atoms with Crippen LogP contribution in [0.2, 0.25) is 0 Å². The first kappa shape index (κ1) is 20.3. The Hall–Kier alpha value is -3.98. The average molecular weight is 431 g/mol. The summed E-state index contributed by atoms with van der Waals surface area (Å²) in [6.45, 7) is 0. The molecule has 0 unspecified atom stereocenters. The monoisotopic (exact) mass is 431 g/mol. The van der Waals surface area contributed by atoms with Crippen LogP contribution in [0, 0.1) is 10.1 Å². The Morgan fingerprint density at radius 2 is 1.81 bits per heavy atom. The summed E-state index contributed by atoms with van der Waals surface area (Å²) in [6.07, 6.45) is 1.51. The van der Waals surface area contributed by atoms with Gasteiger partial charge in [0.25, 0.3) is 11.6 Å². The molecule has 31 heavy (non-hydrogen) atoms. The molecule has 1 heterocycles. The highest BCUT2D eigenvalue weighted by atomic mass is 32.2. The highest BCUT2D eigenvalue weighted by Crippen LogP contribution is 2.34. The van der Waals surface area contributed by atoms with Crippen LogP contribution in [-0.4, -0.2) is 25.6 Å². The van der Waals surface area contributed by atoms with Gasteiger partial charge in [0.15, 0.2) is 5.16 Å². The van der Waals surface area contributed by atoms with Gasteiger partial charge in [-0.1, -0.05) is 48.5 Å². The van der Waals surface area contributed by atoms with Crippen molar-refractivity contribution in [1.29, 1.82) is 0 Å². The minimum atomic E-state index is -0.507. The molecule has 8 nitrogen and oxygen atoms in total. The Labute approximate surface area is 182 Å². The molecule has 1 aromatic heterocycles. The van der Waals surface area contributed by atoms with E-state index in [0.29, 0.717) is 15.7 Å². The van der Waals surface area contributed by atoms with E-state index in [1.807, 2.05) is 48.5 Å². The lowest BCUT2D eigenvalue weighted by Gasteiger charge is -2.12. The maximum absolute atomic E-state index is 12.9. The van der Waals surface area contributed by atoms with E-state index in [-0.39, 0.29) is 11.3 Å². The van der Waals surface area contributed by atoms with Gasteiger partial charge in [-0.2, -0.15) is 0 Å². The second-order valence-electron chi connectivity index (χ2n) is 6.63. The van der Waals surface area contributed by atoms with Crippen LogP contribution in [0.25, 0.3) is 11.1 Å². The topological polar surface area (TPSA) is 103 Å². The zero-order valence-corrected chi connectivity index (χ0v) is 17.2. The number of rotatable bonds is 6. The lowest BCUT2D eigenvalue weighted by molar-refractivity contribution is -0.387. The van der Waals surface area contributed by atoms with Gasteiger partial charge < -0.3 is 9.88 Å². The highest BCUT2D eigenvalue weighted by molar-refractivity contribution is 7.99. The number of hydrogen-bond donors (Lipinski definition) is 1. The summed E-state index contributed by atoms with van der Waals surface area (Å²) >= 11 is 1.12. The van der Waals surface area contributed by atoms with Crippen molar-refractivity contribution < 1.29 is 9.72 Å². The fourth-order valence-electron chi connectivity index (χ4n) is 3.01. The molecule has 0 atom stereocenters. The summed E-state index contributed by atoms with van der Waals surface area (Å²) in [6, 6.07) is 21.5. The summed E-state index contributed by atoms with van der Waals surface area (Å²) in [5, 5.41) is 22.7. The van der Waals surface area contributed by atoms with E-state index in [1.165, 1.54) is 12.4 Å². The van der Waals surface area contributed by atoms with Crippen molar-refractivity contribution in [3.8, 4) is 11.1 Å². The van der Waals surface area contributed by atoms with E-state index in [1.54, 1.807) is 29.8 Å². The van der Waals surface area contributed by atoms with E-state index in [2.05, 4.69) is 15.5 Å². The number of para-hydroxylation sites is 1. The predicted octanol–water partition coefficient (Wildman–Crippen LogP) is 4.79. The van der Waals surface area contributed by atoms with Gasteiger partial charge in [0.05, 0.1) is 9.82 Å². The van der Waals surface area contributed by atoms with E-state index in [0.717, 1.165) is 22.9 Å². The van der Waals surface area contributed by atoms with Crippen LogP contribution in [-0.2, 0) is 7.05 Å². The fourth-order valence-corrected chi connectivity index (χ4v) is 3.86. The summed E-state index contributed by atoms with van der Waals surface area (Å²) in [4.78, 5) is 24.4. The van der Waals surface area contributed by atoms with E-state index in [4.69, 9.17) is 0 Å². The molecule has 0 bridgehead atoms. The van der Waals surface area contributed by atoms with Crippen LogP contribution < -0.4 is 5.32 Å². The van der Waals surface area contributed by atoms with Crippen molar-refractivity contribution in [3.05, 3.63) is 94.8 Å². The molecule has 0 fully saturated rings. The van der Waals surface area contributed by atoms with Crippen LogP contribution in [0.4, 0.5) is 11.4 Å². The second kappa shape index (κ2) is 8.80. The van der Waals surface area contributed by atoms with Crippen molar-refractivity contribution in [2.24, 2.45) is 7.05 Å². The molecule has 4 rings (SSSR count). The number of amides is 1. The molecule has 0 radical (unpaired) electrons. The number of carbonyl (C=O) groups is 1. The smallest absolute Gasteiger partial charge is 0.284 e. The van der Waals surface area contributed by atoms with Gasteiger partial charge >= 0.3 is 0 Å². The number of carbonyl (C=O) groups excluding carboxylic acids is 1. The van der Waals surface area contributed by atoms with Gasteiger partial charge in [0, 0.05) is 29.9 Å². The molecule has 1 N–H and O–H groups in total. The molecule has 0 aliphatic carbocycles. The Morgan fingerprint density at radius 3 is 2.52 bits per heavy atom. The van der Waals surface area contributed by atoms with Crippen LogP contribution >= 0.6 is 11.8 Å². The molecule has 0 saturated heterocycles. The average Bonchev–Trinajstić information content (AvgIpc) is 3.19. The van der Waals surface area contributed by atoms with Gasteiger partial charge in [0.2, 0.25) is 0 Å².